The third kappa shape index (κ3) is 5.99. The molecule has 0 saturated heterocycles. The van der Waals surface area contributed by atoms with Crippen LogP contribution in [0.2, 0.25) is 0 Å². The molecule has 9 heteroatoms. The number of nitrogens with one attached hydrogen (secondary N) is 1. The van der Waals surface area contributed by atoms with Crippen molar-refractivity contribution in [3.05, 3.63) is 83.7 Å². The lowest BCUT2D eigenvalue weighted by molar-refractivity contribution is -0.121. The first-order valence-electron chi connectivity index (χ1n) is 11.4. The molecule has 0 unspecified atom stereocenters. The average molecular weight is 493 g/mol. The summed E-state index contributed by atoms with van der Waals surface area (Å²) >= 11 is 0. The van der Waals surface area contributed by atoms with E-state index in [0.717, 1.165) is 24.1 Å². The van der Waals surface area contributed by atoms with E-state index in [-0.39, 0.29) is 29.6 Å². The molecule has 0 saturated carbocycles. The molecule has 8 nitrogen and oxygen atoms in total. The van der Waals surface area contributed by atoms with Gasteiger partial charge in [0.2, 0.25) is 0 Å². The zero-order valence-electron chi connectivity index (χ0n) is 19.7. The van der Waals surface area contributed by atoms with E-state index in [4.69, 9.17) is 14.2 Å². The largest absolute Gasteiger partial charge is 0.493 e. The fraction of sp³-hybridized carbons (Fsp3) is 0.222. The number of esters is 1. The van der Waals surface area contributed by atoms with Gasteiger partial charge in [-0.05, 0) is 66.9 Å². The van der Waals surface area contributed by atoms with E-state index in [0.29, 0.717) is 12.2 Å². The molecule has 0 atom stereocenters. The van der Waals surface area contributed by atoms with Gasteiger partial charge in [0.05, 0.1) is 12.7 Å². The van der Waals surface area contributed by atoms with Crippen LogP contribution in [0.15, 0.2) is 66.7 Å². The summed E-state index contributed by atoms with van der Waals surface area (Å²) < 4.78 is 29.0. The molecule has 186 valence electrons. The Morgan fingerprint density at radius 1 is 0.972 bits per heavy atom. The number of carbonyl (C=O) groups excluding carboxylic acids is 3. The number of ether oxygens (including phenoxy) is 3. The van der Waals surface area contributed by atoms with Gasteiger partial charge in [0.1, 0.15) is 5.82 Å². The highest BCUT2D eigenvalue weighted by Gasteiger charge is 2.23. The Bertz CT molecular complexity index is 1260. The molecule has 3 aromatic rings. The minimum atomic E-state index is -0.687. The fourth-order valence-corrected chi connectivity index (χ4v) is 3.87. The van der Waals surface area contributed by atoms with Gasteiger partial charge in [-0.3, -0.25) is 9.59 Å². The summed E-state index contributed by atoms with van der Waals surface area (Å²) in [4.78, 5) is 39.0. The molecule has 0 bridgehead atoms. The van der Waals surface area contributed by atoms with Crippen LogP contribution in [0.25, 0.3) is 0 Å². The van der Waals surface area contributed by atoms with Crippen molar-refractivity contribution in [2.45, 2.75) is 12.8 Å². The summed E-state index contributed by atoms with van der Waals surface area (Å²) in [6.07, 6.45) is 1.75. The van der Waals surface area contributed by atoms with Gasteiger partial charge in [-0.15, -0.1) is 0 Å². The number of halogens is 1. The number of amides is 2. The van der Waals surface area contributed by atoms with Crippen molar-refractivity contribution in [1.29, 1.82) is 0 Å². The van der Waals surface area contributed by atoms with Crippen LogP contribution < -0.4 is 19.7 Å². The number of aryl methyl sites for hydroxylation is 1. The van der Waals surface area contributed by atoms with E-state index in [9.17, 15) is 18.8 Å². The van der Waals surface area contributed by atoms with Crippen LogP contribution in [0, 0.1) is 5.82 Å². The lowest BCUT2D eigenvalue weighted by Crippen LogP contribution is -2.38. The van der Waals surface area contributed by atoms with Crippen LogP contribution in [-0.2, 0) is 20.7 Å². The predicted molar refractivity (Wildman–Crippen MR) is 131 cm³/mol. The second-order valence-corrected chi connectivity index (χ2v) is 8.06. The maximum absolute atomic E-state index is 13.0. The second kappa shape index (κ2) is 11.4. The number of benzene rings is 3. The Labute approximate surface area is 207 Å². The number of nitrogens with zero attached hydrogens (tertiary/aromatic N) is 1. The molecule has 0 spiro atoms. The molecule has 36 heavy (non-hydrogen) atoms. The number of anilines is 2. The summed E-state index contributed by atoms with van der Waals surface area (Å²) in [6.45, 7) is -0.150. The summed E-state index contributed by atoms with van der Waals surface area (Å²) in [5, 5.41) is 2.59. The molecule has 0 fully saturated rings. The van der Waals surface area contributed by atoms with E-state index >= 15 is 0 Å². The molecule has 0 aliphatic carbocycles. The highest BCUT2D eigenvalue weighted by Crippen LogP contribution is 2.29. The normalized spacial score (nSPS) is 12.3. The molecule has 1 aliphatic rings. The number of hydrogen-bond acceptors (Lipinski definition) is 6. The van der Waals surface area contributed by atoms with Crippen molar-refractivity contribution < 1.29 is 33.0 Å². The smallest absolute Gasteiger partial charge is 0.338 e. The van der Waals surface area contributed by atoms with Crippen molar-refractivity contribution in [1.82, 2.24) is 0 Å². The van der Waals surface area contributed by atoms with Gasteiger partial charge in [0.15, 0.2) is 24.7 Å². The fourth-order valence-electron chi connectivity index (χ4n) is 3.87. The zero-order chi connectivity index (χ0) is 25.5. The first kappa shape index (κ1) is 24.7. The Balaban J connectivity index is 1.32. The number of methoxy groups -OCH3 is 1. The Kier molecular flexibility index (Phi) is 7.79. The van der Waals surface area contributed by atoms with Crippen LogP contribution in [0.4, 0.5) is 15.8 Å². The van der Waals surface area contributed by atoms with Gasteiger partial charge in [-0.2, -0.15) is 0 Å². The van der Waals surface area contributed by atoms with E-state index in [2.05, 4.69) is 5.32 Å². The minimum absolute atomic E-state index is 0.168. The highest BCUT2D eigenvalue weighted by atomic mass is 19.1. The van der Waals surface area contributed by atoms with Gasteiger partial charge in [-0.25, -0.2) is 9.18 Å². The van der Waals surface area contributed by atoms with Gasteiger partial charge in [0.25, 0.3) is 11.8 Å². The van der Waals surface area contributed by atoms with Crippen molar-refractivity contribution in [2.24, 2.45) is 0 Å². The lowest BCUT2D eigenvalue weighted by Gasteiger charge is -2.29. The minimum Gasteiger partial charge on any atom is -0.493 e. The topological polar surface area (TPSA) is 94.2 Å². The molecular formula is C27H25FN2O6. The Morgan fingerprint density at radius 2 is 1.75 bits per heavy atom. The maximum Gasteiger partial charge on any atom is 0.338 e. The number of para-hydroxylation sites is 1. The average Bonchev–Trinajstić information content (AvgIpc) is 2.91. The van der Waals surface area contributed by atoms with Crippen LogP contribution in [-0.4, -0.2) is 44.7 Å². The Hall–Kier alpha value is -4.40. The Morgan fingerprint density at radius 3 is 2.53 bits per heavy atom. The standard InChI is InChI=1S/C27H25FN2O6/c1-34-24-15-19(8-13-23(24)35-16-25(31)29-21-11-9-20(28)10-12-21)27(33)36-17-26(32)30-14-4-6-18-5-2-3-7-22(18)30/h2-3,5,7-13,15H,4,6,14,16-17H2,1H3,(H,29,31). The van der Waals surface area contributed by atoms with Gasteiger partial charge in [0, 0.05) is 17.9 Å². The third-order valence-electron chi connectivity index (χ3n) is 5.62. The molecule has 0 aromatic heterocycles. The van der Waals surface area contributed by atoms with Crippen molar-refractivity contribution >= 4 is 29.2 Å². The van der Waals surface area contributed by atoms with Gasteiger partial charge < -0.3 is 24.4 Å². The molecule has 2 amide bonds. The van der Waals surface area contributed by atoms with E-state index in [1.54, 1.807) is 4.90 Å². The number of fused-ring (bicyclic) bond motifs is 1. The van der Waals surface area contributed by atoms with E-state index in [1.165, 1.54) is 49.6 Å². The van der Waals surface area contributed by atoms with E-state index in [1.807, 2.05) is 24.3 Å². The molecule has 1 aliphatic heterocycles. The highest BCUT2D eigenvalue weighted by molar-refractivity contribution is 5.98. The first-order chi connectivity index (χ1) is 17.4. The lowest BCUT2D eigenvalue weighted by atomic mass is 10.0. The first-order valence-corrected chi connectivity index (χ1v) is 11.4. The second-order valence-electron chi connectivity index (χ2n) is 8.06. The quantitative estimate of drug-likeness (QED) is 0.478. The molecule has 1 N–H and O–H groups in total. The van der Waals surface area contributed by atoms with Crippen molar-refractivity contribution in [3.63, 3.8) is 0 Å². The maximum atomic E-state index is 13.0. The zero-order valence-corrected chi connectivity index (χ0v) is 19.7. The van der Waals surface area contributed by atoms with Crippen molar-refractivity contribution in [3.8, 4) is 11.5 Å². The van der Waals surface area contributed by atoms with Crippen LogP contribution >= 0.6 is 0 Å². The summed E-state index contributed by atoms with van der Waals surface area (Å²) in [5.74, 6) is -1.39. The van der Waals surface area contributed by atoms with Crippen LogP contribution in [0.5, 0.6) is 11.5 Å². The van der Waals surface area contributed by atoms with Crippen molar-refractivity contribution in [2.75, 3.05) is 37.1 Å². The summed E-state index contributed by atoms with van der Waals surface area (Å²) in [5.41, 5.74) is 2.53. The molecule has 0 radical (unpaired) electrons. The summed E-state index contributed by atoms with van der Waals surface area (Å²) in [6, 6.07) is 17.4. The summed E-state index contributed by atoms with van der Waals surface area (Å²) in [7, 11) is 1.40. The van der Waals surface area contributed by atoms with Gasteiger partial charge >= 0.3 is 5.97 Å². The molecule has 3 aromatic carbocycles. The third-order valence-corrected chi connectivity index (χ3v) is 5.62. The molecular weight excluding hydrogens is 467 g/mol. The number of hydrogen-bond donors (Lipinski definition) is 1. The monoisotopic (exact) mass is 492 g/mol. The van der Waals surface area contributed by atoms with E-state index < -0.39 is 24.3 Å². The van der Waals surface area contributed by atoms with Crippen LogP contribution in [0.1, 0.15) is 22.3 Å². The number of carbonyl (C=O) groups is 3. The van der Waals surface area contributed by atoms with Gasteiger partial charge in [-0.1, -0.05) is 18.2 Å². The number of rotatable bonds is 8. The SMILES string of the molecule is COc1cc(C(=O)OCC(=O)N2CCCc3ccccc32)ccc1OCC(=O)Nc1ccc(F)cc1. The van der Waals surface area contributed by atoms with Crippen LogP contribution in [0.3, 0.4) is 0 Å². The predicted octanol–water partition coefficient (Wildman–Crippen LogP) is 3.99. The molecule has 4 rings (SSSR count). The molecule has 1 heterocycles.